The van der Waals surface area contributed by atoms with Gasteiger partial charge in [0.15, 0.2) is 5.04 Å². The quantitative estimate of drug-likeness (QED) is 0.146. The van der Waals surface area contributed by atoms with E-state index in [9.17, 15) is 4.79 Å². The molecule has 4 aromatic rings. The molecule has 30 heavy (non-hydrogen) atoms. The Balaban J connectivity index is 1.62. The number of Topliss-reactive ketones (excluding diaryl/α,β-unsaturated/α-hetero) is 1. The minimum absolute atomic E-state index is 0.189. The van der Waals surface area contributed by atoms with Crippen molar-refractivity contribution in [3.8, 4) is 11.5 Å². The number of hydrogen-bond acceptors (Lipinski definition) is 9. The molecule has 9 heteroatoms. The van der Waals surface area contributed by atoms with Crippen LogP contribution in [0.3, 0.4) is 0 Å². The molecule has 0 radical (unpaired) electrons. The molecule has 0 aliphatic carbocycles. The van der Waals surface area contributed by atoms with Gasteiger partial charge in [-0.15, -0.1) is 21.5 Å². The first kappa shape index (κ1) is 20.0. The van der Waals surface area contributed by atoms with Crippen molar-refractivity contribution in [2.75, 3.05) is 5.43 Å². The molecular weight excluding hydrogens is 418 g/mol. The number of ketones is 1. The van der Waals surface area contributed by atoms with Gasteiger partial charge in [0.1, 0.15) is 4.88 Å². The van der Waals surface area contributed by atoms with Gasteiger partial charge in [-0.25, -0.2) is 4.98 Å². The van der Waals surface area contributed by atoms with E-state index in [2.05, 4.69) is 25.7 Å². The van der Waals surface area contributed by atoms with Gasteiger partial charge in [0.05, 0.1) is 16.4 Å². The smallest absolute Gasteiger partial charge is 0.283 e. The van der Waals surface area contributed by atoms with Crippen LogP contribution in [-0.4, -0.2) is 26.0 Å². The van der Waals surface area contributed by atoms with Crippen molar-refractivity contribution < 1.29 is 9.21 Å². The number of nitrogens with zero attached hydrogens (tertiary/aromatic N) is 4. The number of rotatable bonds is 6. The summed E-state index contributed by atoms with van der Waals surface area (Å²) >= 11 is 2.36. The highest BCUT2D eigenvalue weighted by atomic mass is 32.2. The van der Waals surface area contributed by atoms with E-state index < -0.39 is 0 Å². The van der Waals surface area contributed by atoms with Crippen LogP contribution in [-0.2, 0) is 0 Å². The van der Waals surface area contributed by atoms with E-state index in [1.807, 2.05) is 74.5 Å². The van der Waals surface area contributed by atoms with E-state index in [4.69, 9.17) is 4.42 Å². The largest absolute Gasteiger partial charge is 0.411 e. The normalized spacial score (nSPS) is 11.5. The zero-order valence-corrected chi connectivity index (χ0v) is 17.8. The molecule has 4 rings (SSSR count). The second kappa shape index (κ2) is 9.02. The van der Waals surface area contributed by atoms with Crippen LogP contribution in [0.2, 0.25) is 0 Å². The van der Waals surface area contributed by atoms with Crippen molar-refractivity contribution in [1.82, 2.24) is 15.2 Å². The Kier molecular flexibility index (Phi) is 6.01. The third kappa shape index (κ3) is 4.64. The Morgan fingerprint density at radius 2 is 1.73 bits per heavy atom. The lowest BCUT2D eigenvalue weighted by atomic mass is 10.2. The van der Waals surface area contributed by atoms with Gasteiger partial charge in [-0.1, -0.05) is 36.4 Å². The van der Waals surface area contributed by atoms with E-state index >= 15 is 0 Å². The maximum Gasteiger partial charge on any atom is 0.283 e. The van der Waals surface area contributed by atoms with Crippen molar-refractivity contribution >= 4 is 39.6 Å². The molecule has 7 nitrogen and oxygen atoms in total. The van der Waals surface area contributed by atoms with Crippen molar-refractivity contribution in [2.45, 2.75) is 19.1 Å². The number of carbonyl (C=O) groups is 1. The summed E-state index contributed by atoms with van der Waals surface area (Å²) in [5.74, 6) is 0.136. The Bertz CT molecular complexity index is 1190. The fourth-order valence-electron chi connectivity index (χ4n) is 2.62. The minimum atomic E-state index is -0.244. The van der Waals surface area contributed by atoms with Crippen LogP contribution in [0.1, 0.15) is 20.4 Å². The fraction of sp³-hybridized carbons (Fsp3) is 0.0952. The number of thioether (sulfide) groups is 1. The van der Waals surface area contributed by atoms with Gasteiger partial charge in [-0.2, -0.15) is 5.10 Å². The topological polar surface area (TPSA) is 93.3 Å². The molecule has 2 aromatic carbocycles. The van der Waals surface area contributed by atoms with Gasteiger partial charge in [0.2, 0.25) is 11.7 Å². The monoisotopic (exact) mass is 435 g/mol. The molecule has 2 heterocycles. The van der Waals surface area contributed by atoms with E-state index in [-0.39, 0.29) is 16.0 Å². The highest BCUT2D eigenvalue weighted by molar-refractivity contribution is 8.15. The van der Waals surface area contributed by atoms with Crippen molar-refractivity contribution in [3.63, 3.8) is 0 Å². The van der Waals surface area contributed by atoms with Crippen LogP contribution in [0.5, 0.6) is 0 Å². The SMILES string of the molecule is Cc1nc(C)c(C(=O)/C(=N/Nc2ccccc2)Sc2nnc(-c3ccccc3)o2)s1. The number of hydrazone groups is 1. The number of carbonyl (C=O) groups excluding carboxylic acids is 1. The molecule has 0 unspecified atom stereocenters. The number of benzene rings is 2. The summed E-state index contributed by atoms with van der Waals surface area (Å²) in [5, 5.41) is 13.7. The van der Waals surface area contributed by atoms with E-state index in [0.717, 1.165) is 28.0 Å². The number of anilines is 1. The van der Waals surface area contributed by atoms with Crippen molar-refractivity contribution in [1.29, 1.82) is 0 Å². The van der Waals surface area contributed by atoms with Crippen LogP contribution < -0.4 is 5.43 Å². The van der Waals surface area contributed by atoms with Gasteiger partial charge in [-0.3, -0.25) is 10.2 Å². The highest BCUT2D eigenvalue weighted by Gasteiger charge is 2.24. The number of aryl methyl sites for hydroxylation is 2. The first-order valence-corrected chi connectivity index (χ1v) is 10.7. The number of nitrogens with one attached hydrogen (secondary N) is 1. The first-order valence-electron chi connectivity index (χ1n) is 9.04. The van der Waals surface area contributed by atoms with Crippen LogP contribution in [0.4, 0.5) is 5.69 Å². The van der Waals surface area contributed by atoms with Crippen molar-refractivity contribution in [2.24, 2.45) is 5.10 Å². The molecule has 0 bridgehead atoms. The van der Waals surface area contributed by atoms with Gasteiger partial charge in [0.25, 0.3) is 5.22 Å². The van der Waals surface area contributed by atoms with Crippen LogP contribution >= 0.6 is 23.1 Å². The zero-order chi connectivity index (χ0) is 20.9. The summed E-state index contributed by atoms with van der Waals surface area (Å²) in [7, 11) is 0. The summed E-state index contributed by atoms with van der Waals surface area (Å²) in [6.07, 6.45) is 0. The third-order valence-corrected chi connectivity index (χ3v) is 5.86. The second-order valence-corrected chi connectivity index (χ2v) is 8.36. The highest BCUT2D eigenvalue weighted by Crippen LogP contribution is 2.27. The van der Waals surface area contributed by atoms with Gasteiger partial charge < -0.3 is 4.42 Å². The zero-order valence-electron chi connectivity index (χ0n) is 16.2. The number of hydrogen-bond donors (Lipinski definition) is 1. The fourth-order valence-corrected chi connectivity index (χ4v) is 4.20. The minimum Gasteiger partial charge on any atom is -0.411 e. The average molecular weight is 436 g/mol. The second-order valence-electron chi connectivity index (χ2n) is 6.21. The lowest BCUT2D eigenvalue weighted by Crippen LogP contribution is -2.13. The molecule has 0 amide bonds. The summed E-state index contributed by atoms with van der Waals surface area (Å²) < 4.78 is 5.74. The molecule has 0 fully saturated rings. The molecule has 150 valence electrons. The maximum atomic E-state index is 13.2. The third-order valence-electron chi connectivity index (χ3n) is 3.98. The van der Waals surface area contributed by atoms with Crippen LogP contribution in [0.15, 0.2) is 75.4 Å². The molecule has 1 N–H and O–H groups in total. The van der Waals surface area contributed by atoms with E-state index in [1.165, 1.54) is 11.3 Å². The van der Waals surface area contributed by atoms with E-state index in [1.54, 1.807) is 0 Å². The van der Waals surface area contributed by atoms with Gasteiger partial charge in [0, 0.05) is 5.56 Å². The number of thiazole rings is 1. The molecular formula is C21H17N5O2S2. The molecule has 0 saturated carbocycles. The Morgan fingerprint density at radius 1 is 1.03 bits per heavy atom. The predicted octanol–water partition coefficient (Wildman–Crippen LogP) is 5.21. The van der Waals surface area contributed by atoms with E-state index in [0.29, 0.717) is 16.5 Å². The Morgan fingerprint density at radius 3 is 2.40 bits per heavy atom. The lowest BCUT2D eigenvalue weighted by molar-refractivity contribution is 0.107. The summed E-state index contributed by atoms with van der Waals surface area (Å²) in [4.78, 5) is 18.1. The summed E-state index contributed by atoms with van der Waals surface area (Å²) in [5.41, 5.74) is 5.16. The van der Waals surface area contributed by atoms with Crippen LogP contribution in [0.25, 0.3) is 11.5 Å². The van der Waals surface area contributed by atoms with Gasteiger partial charge in [-0.05, 0) is 49.9 Å². The Labute approximate surface area is 181 Å². The summed E-state index contributed by atoms with van der Waals surface area (Å²) in [6, 6.07) is 18.8. The predicted molar refractivity (Wildman–Crippen MR) is 119 cm³/mol. The van der Waals surface area contributed by atoms with Crippen molar-refractivity contribution in [3.05, 3.63) is 76.2 Å². The average Bonchev–Trinajstić information content (AvgIpc) is 3.37. The molecule has 0 atom stereocenters. The summed E-state index contributed by atoms with van der Waals surface area (Å²) in [6.45, 7) is 3.68. The lowest BCUT2D eigenvalue weighted by Gasteiger charge is -2.04. The Hall–Kier alpha value is -3.30. The maximum absolute atomic E-state index is 13.2. The number of para-hydroxylation sites is 1. The molecule has 0 aliphatic heterocycles. The number of aromatic nitrogens is 3. The first-order chi connectivity index (χ1) is 14.6. The molecule has 0 spiro atoms. The van der Waals surface area contributed by atoms with Gasteiger partial charge >= 0.3 is 0 Å². The molecule has 0 aliphatic rings. The molecule has 0 saturated heterocycles. The molecule has 2 aromatic heterocycles. The van der Waals surface area contributed by atoms with Crippen LogP contribution in [0, 0.1) is 13.8 Å². The standard InChI is InChI=1S/C21H17N5O2S2/c1-13-18(29-14(2)22-13)17(27)20(25-23-16-11-7-4-8-12-16)30-21-26-24-19(28-21)15-9-5-3-6-10-15/h3-12,23H,1-2H3/b25-20-.